The molecule has 0 aliphatic carbocycles. The minimum Gasteiger partial charge on any atom is -0.396 e. The predicted molar refractivity (Wildman–Crippen MR) is 68.8 cm³/mol. The third kappa shape index (κ3) is 3.88. The molecule has 0 radical (unpaired) electrons. The van der Waals surface area contributed by atoms with Crippen molar-refractivity contribution in [1.29, 1.82) is 0 Å². The van der Waals surface area contributed by atoms with Gasteiger partial charge in [-0.1, -0.05) is 12.1 Å². The van der Waals surface area contributed by atoms with Gasteiger partial charge in [-0.25, -0.2) is 0 Å². The summed E-state index contributed by atoms with van der Waals surface area (Å²) in [5, 5.41) is 19.4. The van der Waals surface area contributed by atoms with Gasteiger partial charge in [-0.3, -0.25) is 16.0 Å². The SMILES string of the molecule is NNc1c(CSCCCO)cccc1[N+](=O)[O-]. The lowest BCUT2D eigenvalue weighted by Crippen LogP contribution is -2.11. The van der Waals surface area contributed by atoms with Gasteiger partial charge in [0.15, 0.2) is 0 Å². The number of nitrogens with two attached hydrogens (primary N) is 1. The van der Waals surface area contributed by atoms with Gasteiger partial charge in [0, 0.05) is 18.4 Å². The summed E-state index contributed by atoms with van der Waals surface area (Å²) in [5.41, 5.74) is 3.51. The van der Waals surface area contributed by atoms with Crippen LogP contribution < -0.4 is 11.3 Å². The molecule has 1 aromatic carbocycles. The Balaban J connectivity index is 2.77. The third-order valence-corrected chi connectivity index (χ3v) is 3.27. The second-order valence-corrected chi connectivity index (χ2v) is 4.45. The molecule has 0 saturated carbocycles. The molecule has 1 aromatic rings. The molecule has 0 saturated heterocycles. The van der Waals surface area contributed by atoms with Crippen molar-refractivity contribution in [3.8, 4) is 0 Å². The Bertz CT molecular complexity index is 387. The quantitative estimate of drug-likeness (QED) is 0.296. The number of nitrogens with one attached hydrogen (secondary N) is 1. The Hall–Kier alpha value is -1.31. The number of nitrogens with zero attached hydrogens (tertiary/aromatic N) is 1. The van der Waals surface area contributed by atoms with Crippen LogP contribution in [0.25, 0.3) is 0 Å². The molecule has 0 heterocycles. The van der Waals surface area contributed by atoms with E-state index < -0.39 is 4.92 Å². The summed E-state index contributed by atoms with van der Waals surface area (Å²) >= 11 is 1.60. The Kier molecular flexibility index (Phi) is 5.75. The van der Waals surface area contributed by atoms with Crippen molar-refractivity contribution in [2.45, 2.75) is 12.2 Å². The van der Waals surface area contributed by atoms with Crippen LogP contribution in [0.2, 0.25) is 0 Å². The number of hydrogen-bond donors (Lipinski definition) is 3. The van der Waals surface area contributed by atoms with Crippen LogP contribution in [0.3, 0.4) is 0 Å². The van der Waals surface area contributed by atoms with E-state index in [9.17, 15) is 10.1 Å². The zero-order chi connectivity index (χ0) is 12.7. The summed E-state index contributed by atoms with van der Waals surface area (Å²) in [6.45, 7) is 0.157. The van der Waals surface area contributed by atoms with Gasteiger partial charge in [-0.2, -0.15) is 11.8 Å². The fraction of sp³-hybridized carbons (Fsp3) is 0.400. The van der Waals surface area contributed by atoms with Gasteiger partial charge in [0.05, 0.1) is 4.92 Å². The normalized spacial score (nSPS) is 10.2. The fourth-order valence-corrected chi connectivity index (χ4v) is 2.31. The highest BCUT2D eigenvalue weighted by atomic mass is 32.2. The first-order chi connectivity index (χ1) is 8.20. The molecule has 94 valence electrons. The molecule has 0 unspecified atom stereocenters. The molecule has 0 aliphatic rings. The minimum atomic E-state index is -0.461. The predicted octanol–water partition coefficient (Wildman–Crippen LogP) is 1.50. The monoisotopic (exact) mass is 257 g/mol. The van der Waals surface area contributed by atoms with E-state index in [0.717, 1.165) is 11.3 Å². The van der Waals surface area contributed by atoms with Crippen LogP contribution in [0.4, 0.5) is 11.4 Å². The maximum absolute atomic E-state index is 10.8. The molecule has 0 aromatic heterocycles. The smallest absolute Gasteiger partial charge is 0.293 e. The number of nitro benzene ring substituents is 1. The van der Waals surface area contributed by atoms with Crippen molar-refractivity contribution in [3.63, 3.8) is 0 Å². The summed E-state index contributed by atoms with van der Waals surface area (Å²) in [6.07, 6.45) is 0.713. The van der Waals surface area contributed by atoms with E-state index in [1.807, 2.05) is 0 Å². The summed E-state index contributed by atoms with van der Waals surface area (Å²) in [6, 6.07) is 4.85. The summed E-state index contributed by atoms with van der Waals surface area (Å²) in [4.78, 5) is 10.3. The van der Waals surface area contributed by atoms with Crippen molar-refractivity contribution in [2.75, 3.05) is 17.8 Å². The minimum absolute atomic E-state index is 0.0206. The van der Waals surface area contributed by atoms with Crippen LogP contribution in [0.5, 0.6) is 0 Å². The Morgan fingerprint density at radius 1 is 1.53 bits per heavy atom. The van der Waals surface area contributed by atoms with Crippen molar-refractivity contribution < 1.29 is 10.0 Å². The third-order valence-electron chi connectivity index (χ3n) is 2.17. The molecule has 0 atom stereocenters. The van der Waals surface area contributed by atoms with Crippen LogP contribution in [0, 0.1) is 10.1 Å². The number of anilines is 1. The number of para-hydroxylation sites is 1. The Labute approximate surface area is 103 Å². The first kappa shape index (κ1) is 13.8. The topological polar surface area (TPSA) is 101 Å². The highest BCUT2D eigenvalue weighted by Crippen LogP contribution is 2.29. The van der Waals surface area contributed by atoms with Gasteiger partial charge in [-0.05, 0) is 17.7 Å². The standard InChI is InChI=1S/C10H15N3O3S/c11-12-10-8(7-17-6-2-5-14)3-1-4-9(10)13(15)16/h1,3-4,12,14H,2,5-7,11H2. The van der Waals surface area contributed by atoms with Crippen LogP contribution in [-0.2, 0) is 5.75 Å². The van der Waals surface area contributed by atoms with E-state index in [2.05, 4.69) is 5.43 Å². The molecular weight excluding hydrogens is 242 g/mol. The average molecular weight is 257 g/mol. The zero-order valence-corrected chi connectivity index (χ0v) is 10.1. The molecular formula is C10H15N3O3S. The number of aliphatic hydroxyl groups is 1. The van der Waals surface area contributed by atoms with E-state index in [1.54, 1.807) is 23.9 Å². The maximum Gasteiger partial charge on any atom is 0.293 e. The number of nitrogen functional groups attached to an aromatic ring is 1. The van der Waals surface area contributed by atoms with Crippen LogP contribution in [0.15, 0.2) is 18.2 Å². The van der Waals surface area contributed by atoms with Crippen LogP contribution in [-0.4, -0.2) is 22.4 Å². The molecule has 0 amide bonds. The van der Waals surface area contributed by atoms with E-state index in [1.165, 1.54) is 6.07 Å². The molecule has 7 heteroatoms. The van der Waals surface area contributed by atoms with E-state index in [4.69, 9.17) is 10.9 Å². The molecule has 0 fully saturated rings. The van der Waals surface area contributed by atoms with Crippen LogP contribution in [0.1, 0.15) is 12.0 Å². The van der Waals surface area contributed by atoms with E-state index in [0.29, 0.717) is 17.9 Å². The Morgan fingerprint density at radius 2 is 2.29 bits per heavy atom. The number of nitro groups is 1. The van der Waals surface area contributed by atoms with Gasteiger partial charge >= 0.3 is 0 Å². The fourth-order valence-electron chi connectivity index (χ4n) is 1.37. The first-order valence-electron chi connectivity index (χ1n) is 5.12. The summed E-state index contributed by atoms with van der Waals surface area (Å²) in [7, 11) is 0. The number of hydrogen-bond acceptors (Lipinski definition) is 6. The molecule has 1 rings (SSSR count). The average Bonchev–Trinajstić information content (AvgIpc) is 2.34. The van der Waals surface area contributed by atoms with Crippen molar-refractivity contribution in [3.05, 3.63) is 33.9 Å². The molecule has 0 bridgehead atoms. The molecule has 0 spiro atoms. The van der Waals surface area contributed by atoms with Crippen molar-refractivity contribution >= 4 is 23.1 Å². The molecule has 4 N–H and O–H groups in total. The van der Waals surface area contributed by atoms with E-state index >= 15 is 0 Å². The summed E-state index contributed by atoms with van der Waals surface area (Å²) < 4.78 is 0. The zero-order valence-electron chi connectivity index (χ0n) is 9.26. The number of thioether (sulfide) groups is 1. The second kappa shape index (κ2) is 7.10. The number of aliphatic hydroxyl groups excluding tert-OH is 1. The highest BCUT2D eigenvalue weighted by Gasteiger charge is 2.15. The van der Waals surface area contributed by atoms with Gasteiger partial charge < -0.3 is 10.5 Å². The highest BCUT2D eigenvalue weighted by molar-refractivity contribution is 7.98. The molecule has 6 nitrogen and oxygen atoms in total. The van der Waals surface area contributed by atoms with Gasteiger partial charge in [0.2, 0.25) is 0 Å². The largest absolute Gasteiger partial charge is 0.396 e. The van der Waals surface area contributed by atoms with Crippen molar-refractivity contribution in [1.82, 2.24) is 0 Å². The molecule has 0 aliphatic heterocycles. The number of benzene rings is 1. The van der Waals surface area contributed by atoms with Gasteiger partial charge in [0.25, 0.3) is 5.69 Å². The second-order valence-electron chi connectivity index (χ2n) is 3.34. The van der Waals surface area contributed by atoms with Gasteiger partial charge in [-0.15, -0.1) is 0 Å². The maximum atomic E-state index is 10.8. The first-order valence-corrected chi connectivity index (χ1v) is 6.27. The lowest BCUT2D eigenvalue weighted by atomic mass is 10.2. The number of hydrazine groups is 1. The lowest BCUT2D eigenvalue weighted by molar-refractivity contribution is -0.384. The summed E-state index contributed by atoms with van der Waals surface area (Å²) in [5.74, 6) is 6.75. The van der Waals surface area contributed by atoms with Crippen molar-refractivity contribution in [2.24, 2.45) is 5.84 Å². The van der Waals surface area contributed by atoms with Gasteiger partial charge in [0.1, 0.15) is 5.69 Å². The van der Waals surface area contributed by atoms with E-state index in [-0.39, 0.29) is 12.3 Å². The van der Waals surface area contributed by atoms with Crippen LogP contribution >= 0.6 is 11.8 Å². The Morgan fingerprint density at radius 3 is 2.88 bits per heavy atom. The molecule has 17 heavy (non-hydrogen) atoms. The number of rotatable bonds is 7. The lowest BCUT2D eigenvalue weighted by Gasteiger charge is -2.08.